The van der Waals surface area contributed by atoms with E-state index in [1.807, 2.05) is 0 Å². The van der Waals surface area contributed by atoms with Crippen LogP contribution in [0.4, 0.5) is 0 Å². The van der Waals surface area contributed by atoms with E-state index in [4.69, 9.17) is 14.2 Å². The molecule has 0 amide bonds. The molecule has 0 aromatic carbocycles. The zero-order valence-electron chi connectivity index (χ0n) is 17.5. The van der Waals surface area contributed by atoms with E-state index in [9.17, 15) is 35.1 Å². The number of aliphatic hydroxyl groups is 5. The zero-order valence-corrected chi connectivity index (χ0v) is 17.5. The molecule has 10 atom stereocenters. The third kappa shape index (κ3) is 3.37. The first-order valence-electron chi connectivity index (χ1n) is 10.3. The highest BCUT2D eigenvalue weighted by atomic mass is 16.7. The van der Waals surface area contributed by atoms with E-state index in [1.165, 1.54) is 13.0 Å². The van der Waals surface area contributed by atoms with Gasteiger partial charge in [0.25, 0.3) is 0 Å². The molecule has 172 valence electrons. The van der Waals surface area contributed by atoms with E-state index in [2.05, 4.69) is 0 Å². The molecule has 2 heterocycles. The Bertz CT molecular complexity index is 843. The number of ketones is 1. The summed E-state index contributed by atoms with van der Waals surface area (Å²) in [4.78, 5) is 25.1. The van der Waals surface area contributed by atoms with Crippen LogP contribution in [0.1, 0.15) is 27.2 Å². The molecular weight excluding hydrogens is 412 g/mol. The van der Waals surface area contributed by atoms with Crippen molar-refractivity contribution in [2.45, 2.75) is 75.7 Å². The van der Waals surface area contributed by atoms with Crippen molar-refractivity contribution in [1.29, 1.82) is 0 Å². The van der Waals surface area contributed by atoms with Crippen molar-refractivity contribution in [2.24, 2.45) is 11.8 Å². The van der Waals surface area contributed by atoms with E-state index in [0.717, 1.165) is 0 Å². The minimum absolute atomic E-state index is 0.141. The van der Waals surface area contributed by atoms with Crippen LogP contribution in [-0.2, 0) is 23.8 Å². The van der Waals surface area contributed by atoms with Crippen molar-refractivity contribution in [3.05, 3.63) is 22.8 Å². The van der Waals surface area contributed by atoms with Crippen LogP contribution in [0.25, 0.3) is 0 Å². The van der Waals surface area contributed by atoms with Gasteiger partial charge in [-0.2, -0.15) is 0 Å². The number of hydrogen-bond acceptors (Lipinski definition) is 10. The predicted octanol–water partition coefficient (Wildman–Crippen LogP) is -1.67. The van der Waals surface area contributed by atoms with E-state index in [0.29, 0.717) is 16.7 Å². The Morgan fingerprint density at radius 3 is 2.48 bits per heavy atom. The first-order chi connectivity index (χ1) is 14.5. The van der Waals surface area contributed by atoms with Crippen molar-refractivity contribution >= 4 is 11.8 Å². The largest absolute Gasteiger partial charge is 0.459 e. The molecule has 4 aliphatic rings. The Balaban J connectivity index is 1.70. The maximum absolute atomic E-state index is 12.6. The molecule has 31 heavy (non-hydrogen) atoms. The highest BCUT2D eigenvalue weighted by Gasteiger charge is 2.62. The van der Waals surface area contributed by atoms with Crippen LogP contribution in [0, 0.1) is 11.8 Å². The van der Waals surface area contributed by atoms with Crippen LogP contribution < -0.4 is 0 Å². The van der Waals surface area contributed by atoms with Gasteiger partial charge in [-0.25, -0.2) is 4.79 Å². The molecular formula is C21H28O10. The summed E-state index contributed by atoms with van der Waals surface area (Å²) in [6, 6.07) is 0. The Kier molecular flexibility index (Phi) is 5.62. The number of rotatable bonds is 3. The SMILES string of the molecule is CC1=CC(=O)C2=C(C)C[C@@H](O[C@H]3O[C@@H](CO)[C@H](O)[C@@H](O)[C@@H]3O)[C@@H]3[C@H](OC(=O)[C@]3(C)O)[C@@H]12. The van der Waals surface area contributed by atoms with E-state index < -0.39 is 72.9 Å². The molecule has 2 saturated heterocycles. The summed E-state index contributed by atoms with van der Waals surface area (Å²) < 4.78 is 17.0. The van der Waals surface area contributed by atoms with E-state index in [-0.39, 0.29) is 12.2 Å². The Hall–Kier alpha value is -1.66. The first kappa shape index (κ1) is 22.5. The van der Waals surface area contributed by atoms with Gasteiger partial charge >= 0.3 is 5.97 Å². The van der Waals surface area contributed by atoms with Crippen LogP contribution in [0.2, 0.25) is 0 Å². The summed E-state index contributed by atoms with van der Waals surface area (Å²) in [5.41, 5.74) is -0.0179. The Morgan fingerprint density at radius 1 is 1.16 bits per heavy atom. The van der Waals surface area contributed by atoms with Gasteiger partial charge in [0.2, 0.25) is 0 Å². The van der Waals surface area contributed by atoms with Crippen molar-refractivity contribution in [1.82, 2.24) is 0 Å². The molecule has 2 aliphatic carbocycles. The van der Waals surface area contributed by atoms with E-state index >= 15 is 0 Å². The number of aliphatic hydroxyl groups excluding tert-OH is 4. The molecule has 10 heteroatoms. The number of hydrogen-bond donors (Lipinski definition) is 5. The van der Waals surface area contributed by atoms with E-state index in [1.54, 1.807) is 13.8 Å². The number of ether oxygens (including phenoxy) is 3. The molecule has 0 aromatic heterocycles. The standard InChI is InChI=1S/C21H28O10/c1-7-4-9(23)12-8(2)5-10(14-18(13(7)12)31-20(27)21(14,3)28)29-19-17(26)16(25)15(24)11(6-22)30-19/h4,10-11,13-19,22,24-26,28H,5-6H2,1-3H3/t10-,11+,13+,14-,15+,16-,17+,18-,19+,21-/m1/s1. The lowest BCUT2D eigenvalue weighted by Gasteiger charge is -2.42. The van der Waals surface area contributed by atoms with Gasteiger partial charge in [0.1, 0.15) is 30.5 Å². The Labute approximate surface area is 178 Å². The maximum atomic E-state index is 12.6. The summed E-state index contributed by atoms with van der Waals surface area (Å²) in [6.07, 6.45) is -7.59. The average Bonchev–Trinajstić information content (AvgIpc) is 3.07. The van der Waals surface area contributed by atoms with Gasteiger partial charge in [0.05, 0.1) is 18.6 Å². The molecule has 5 N–H and O–H groups in total. The molecule has 2 fully saturated rings. The molecule has 10 nitrogen and oxygen atoms in total. The number of carbonyl (C=O) groups is 2. The quantitative estimate of drug-likeness (QED) is 0.321. The van der Waals surface area contributed by atoms with Crippen LogP contribution in [0.3, 0.4) is 0 Å². The highest BCUT2D eigenvalue weighted by Crippen LogP contribution is 2.50. The van der Waals surface area contributed by atoms with Crippen molar-refractivity contribution in [2.75, 3.05) is 6.61 Å². The monoisotopic (exact) mass is 440 g/mol. The van der Waals surface area contributed by atoms with Crippen LogP contribution in [0.15, 0.2) is 22.8 Å². The predicted molar refractivity (Wildman–Crippen MR) is 102 cm³/mol. The minimum atomic E-state index is -1.93. The van der Waals surface area contributed by atoms with Crippen molar-refractivity contribution in [3.8, 4) is 0 Å². The number of carbonyl (C=O) groups excluding carboxylic acids is 2. The second-order valence-corrected chi connectivity index (χ2v) is 9.04. The molecule has 0 spiro atoms. The van der Waals surface area contributed by atoms with Gasteiger partial charge in [0.15, 0.2) is 17.7 Å². The summed E-state index contributed by atoms with van der Waals surface area (Å²) in [5.74, 6) is -2.44. The number of esters is 1. The highest BCUT2D eigenvalue weighted by molar-refractivity contribution is 6.09. The third-order valence-electron chi connectivity index (χ3n) is 6.94. The second-order valence-electron chi connectivity index (χ2n) is 9.04. The summed E-state index contributed by atoms with van der Waals surface area (Å²) >= 11 is 0. The normalized spacial score (nSPS) is 47.6. The lowest BCUT2D eigenvalue weighted by atomic mass is 9.77. The summed E-state index contributed by atoms with van der Waals surface area (Å²) in [5, 5.41) is 50.9. The fraction of sp³-hybridized carbons (Fsp3) is 0.714. The zero-order chi connectivity index (χ0) is 22.8. The van der Waals surface area contributed by atoms with Gasteiger partial charge in [-0.05, 0) is 33.3 Å². The van der Waals surface area contributed by atoms with Gasteiger partial charge in [-0.3, -0.25) is 4.79 Å². The van der Waals surface area contributed by atoms with Gasteiger partial charge < -0.3 is 39.7 Å². The molecule has 0 saturated carbocycles. The van der Waals surface area contributed by atoms with Gasteiger partial charge in [-0.15, -0.1) is 0 Å². The summed E-state index contributed by atoms with van der Waals surface area (Å²) in [7, 11) is 0. The lowest BCUT2D eigenvalue weighted by molar-refractivity contribution is -0.318. The minimum Gasteiger partial charge on any atom is -0.459 e. The van der Waals surface area contributed by atoms with Gasteiger partial charge in [-0.1, -0.05) is 11.1 Å². The number of allylic oxidation sites excluding steroid dienone is 1. The molecule has 0 bridgehead atoms. The van der Waals surface area contributed by atoms with Crippen LogP contribution in [-0.4, -0.2) is 92.4 Å². The fourth-order valence-corrected chi connectivity index (χ4v) is 5.30. The lowest BCUT2D eigenvalue weighted by Crippen LogP contribution is -2.60. The molecule has 0 unspecified atom stereocenters. The fourth-order valence-electron chi connectivity index (χ4n) is 5.30. The maximum Gasteiger partial charge on any atom is 0.338 e. The average molecular weight is 440 g/mol. The molecule has 4 rings (SSSR count). The Morgan fingerprint density at radius 2 is 1.84 bits per heavy atom. The smallest absolute Gasteiger partial charge is 0.338 e. The molecule has 2 aliphatic heterocycles. The summed E-state index contributed by atoms with van der Waals surface area (Å²) in [6.45, 7) is 4.22. The molecule has 0 aromatic rings. The van der Waals surface area contributed by atoms with Crippen molar-refractivity contribution in [3.63, 3.8) is 0 Å². The second kappa shape index (κ2) is 7.73. The first-order valence-corrected chi connectivity index (χ1v) is 10.3. The molecule has 0 radical (unpaired) electrons. The van der Waals surface area contributed by atoms with Crippen LogP contribution in [0.5, 0.6) is 0 Å². The topological polar surface area (TPSA) is 163 Å². The van der Waals surface area contributed by atoms with Crippen LogP contribution >= 0.6 is 0 Å². The van der Waals surface area contributed by atoms with Crippen molar-refractivity contribution < 1.29 is 49.3 Å². The third-order valence-corrected chi connectivity index (χ3v) is 6.94. The van der Waals surface area contributed by atoms with Gasteiger partial charge in [0, 0.05) is 11.5 Å². The number of fused-ring (bicyclic) bond motifs is 3.